The van der Waals surface area contributed by atoms with Crippen molar-refractivity contribution in [3.63, 3.8) is 0 Å². The Morgan fingerprint density at radius 1 is 1.35 bits per heavy atom. The van der Waals surface area contributed by atoms with Gasteiger partial charge in [0.05, 0.1) is 0 Å². The molecule has 0 bridgehead atoms. The molecule has 1 saturated carbocycles. The fourth-order valence-electron chi connectivity index (χ4n) is 3.05. The lowest BCUT2D eigenvalue weighted by atomic mass is 9.80. The van der Waals surface area contributed by atoms with Gasteiger partial charge in [-0.15, -0.1) is 0 Å². The third kappa shape index (κ3) is 3.36. The van der Waals surface area contributed by atoms with Gasteiger partial charge in [-0.2, -0.15) is 0 Å². The molecule has 1 atom stereocenters. The Labute approximate surface area is 119 Å². The zero-order valence-electron chi connectivity index (χ0n) is 12.0. The lowest BCUT2D eigenvalue weighted by molar-refractivity contribution is -0.149. The third-order valence-corrected chi connectivity index (χ3v) is 4.35. The second-order valence-corrected chi connectivity index (χ2v) is 6.05. The predicted molar refractivity (Wildman–Crippen MR) is 73.6 cm³/mol. The van der Waals surface area contributed by atoms with Crippen molar-refractivity contribution >= 4 is 17.7 Å². The molecule has 0 aromatic carbocycles. The zero-order valence-corrected chi connectivity index (χ0v) is 12.0. The lowest BCUT2D eigenvalue weighted by Crippen LogP contribution is -2.54. The predicted octanol–water partition coefficient (Wildman–Crippen LogP) is 0.302. The number of nitrogens with zero attached hydrogens (tertiary/aromatic N) is 1. The smallest absolute Gasteiger partial charge is 0.251 e. The maximum atomic E-state index is 12.1. The summed E-state index contributed by atoms with van der Waals surface area (Å²) in [7, 11) is 1.45. The van der Waals surface area contributed by atoms with Crippen LogP contribution in [0.25, 0.3) is 0 Å². The summed E-state index contributed by atoms with van der Waals surface area (Å²) < 4.78 is 0. The fraction of sp³-hybridized carbons (Fsp3) is 0.786. The van der Waals surface area contributed by atoms with Gasteiger partial charge in [-0.1, -0.05) is 19.3 Å². The minimum atomic E-state index is -0.586. The highest BCUT2D eigenvalue weighted by Gasteiger charge is 2.35. The monoisotopic (exact) mass is 281 g/mol. The first kappa shape index (κ1) is 15.0. The van der Waals surface area contributed by atoms with E-state index in [-0.39, 0.29) is 24.1 Å². The SMILES string of the molecule is CN1C(=O)CCC(NC(=O)CC2(N)CCCCC2)C1=O. The number of imide groups is 1. The molecule has 3 N–H and O–H groups in total. The van der Waals surface area contributed by atoms with Crippen LogP contribution in [0.3, 0.4) is 0 Å². The molecule has 1 aliphatic heterocycles. The Bertz CT molecular complexity index is 416. The van der Waals surface area contributed by atoms with Crippen molar-refractivity contribution in [2.45, 2.75) is 62.9 Å². The molecule has 6 heteroatoms. The van der Waals surface area contributed by atoms with Gasteiger partial charge in [-0.25, -0.2) is 0 Å². The highest BCUT2D eigenvalue weighted by atomic mass is 16.2. The number of hydrogen-bond acceptors (Lipinski definition) is 4. The van der Waals surface area contributed by atoms with Crippen LogP contribution in [-0.4, -0.2) is 41.2 Å². The number of carbonyl (C=O) groups is 3. The fourth-order valence-corrected chi connectivity index (χ4v) is 3.05. The van der Waals surface area contributed by atoms with Gasteiger partial charge in [-0.05, 0) is 19.3 Å². The summed E-state index contributed by atoms with van der Waals surface area (Å²) in [4.78, 5) is 36.4. The van der Waals surface area contributed by atoms with E-state index in [0.29, 0.717) is 12.8 Å². The van der Waals surface area contributed by atoms with Gasteiger partial charge in [-0.3, -0.25) is 19.3 Å². The largest absolute Gasteiger partial charge is 0.344 e. The molecular formula is C14H23N3O3. The number of piperidine rings is 1. The van der Waals surface area contributed by atoms with Gasteiger partial charge in [0.1, 0.15) is 6.04 Å². The average molecular weight is 281 g/mol. The van der Waals surface area contributed by atoms with E-state index in [2.05, 4.69) is 5.32 Å². The number of likely N-dealkylation sites (tertiary alicyclic amines) is 1. The van der Waals surface area contributed by atoms with E-state index in [0.717, 1.165) is 30.6 Å². The van der Waals surface area contributed by atoms with Crippen LogP contribution in [0.15, 0.2) is 0 Å². The number of nitrogens with one attached hydrogen (secondary N) is 1. The van der Waals surface area contributed by atoms with Crippen molar-refractivity contribution in [1.29, 1.82) is 0 Å². The second-order valence-electron chi connectivity index (χ2n) is 6.05. The second kappa shape index (κ2) is 5.91. The summed E-state index contributed by atoms with van der Waals surface area (Å²) in [5, 5.41) is 2.73. The molecule has 1 heterocycles. The molecule has 3 amide bonds. The first-order chi connectivity index (χ1) is 9.41. The molecule has 1 saturated heterocycles. The number of amides is 3. The Morgan fingerprint density at radius 3 is 2.65 bits per heavy atom. The summed E-state index contributed by atoms with van der Waals surface area (Å²) in [6.07, 6.45) is 5.94. The number of carbonyl (C=O) groups excluding carboxylic acids is 3. The van der Waals surface area contributed by atoms with Crippen molar-refractivity contribution in [2.75, 3.05) is 7.05 Å². The first-order valence-electron chi connectivity index (χ1n) is 7.30. The van der Waals surface area contributed by atoms with E-state index in [1.165, 1.54) is 13.5 Å². The normalized spacial score (nSPS) is 26.5. The van der Waals surface area contributed by atoms with Gasteiger partial charge >= 0.3 is 0 Å². The van der Waals surface area contributed by atoms with Gasteiger partial charge in [0.2, 0.25) is 11.8 Å². The molecule has 2 aliphatic rings. The van der Waals surface area contributed by atoms with Gasteiger partial charge < -0.3 is 11.1 Å². The Kier molecular flexibility index (Phi) is 4.42. The number of nitrogens with two attached hydrogens (primary N) is 1. The van der Waals surface area contributed by atoms with Crippen molar-refractivity contribution < 1.29 is 14.4 Å². The number of likely N-dealkylation sites (N-methyl/N-ethyl adjacent to an activating group) is 1. The van der Waals surface area contributed by atoms with Crippen LogP contribution >= 0.6 is 0 Å². The zero-order chi connectivity index (χ0) is 14.8. The number of hydrogen-bond donors (Lipinski definition) is 2. The molecule has 0 aromatic rings. The summed E-state index contributed by atoms with van der Waals surface area (Å²) >= 11 is 0. The molecule has 0 radical (unpaired) electrons. The standard InChI is InChI=1S/C14H23N3O3/c1-17-12(19)6-5-10(13(17)20)16-11(18)9-14(15)7-3-2-4-8-14/h10H,2-9,15H2,1H3,(H,16,18). The van der Waals surface area contributed by atoms with Crippen molar-refractivity contribution in [3.05, 3.63) is 0 Å². The Morgan fingerprint density at radius 2 is 2.00 bits per heavy atom. The van der Waals surface area contributed by atoms with E-state index in [9.17, 15) is 14.4 Å². The van der Waals surface area contributed by atoms with Crippen LogP contribution in [0.2, 0.25) is 0 Å². The Hall–Kier alpha value is -1.43. The van der Waals surface area contributed by atoms with Crippen molar-refractivity contribution in [1.82, 2.24) is 10.2 Å². The van der Waals surface area contributed by atoms with E-state index in [4.69, 9.17) is 5.73 Å². The molecule has 0 spiro atoms. The molecule has 6 nitrogen and oxygen atoms in total. The van der Waals surface area contributed by atoms with Crippen LogP contribution in [-0.2, 0) is 14.4 Å². The molecule has 112 valence electrons. The van der Waals surface area contributed by atoms with Crippen molar-refractivity contribution in [3.8, 4) is 0 Å². The minimum Gasteiger partial charge on any atom is -0.344 e. The maximum absolute atomic E-state index is 12.1. The summed E-state index contributed by atoms with van der Waals surface area (Å²) in [6, 6.07) is -0.586. The topological polar surface area (TPSA) is 92.5 Å². The van der Waals surface area contributed by atoms with Crippen LogP contribution in [0.1, 0.15) is 51.4 Å². The first-order valence-corrected chi connectivity index (χ1v) is 7.30. The van der Waals surface area contributed by atoms with Gasteiger partial charge in [0.15, 0.2) is 0 Å². The highest BCUT2D eigenvalue weighted by Crippen LogP contribution is 2.28. The van der Waals surface area contributed by atoms with Crippen LogP contribution < -0.4 is 11.1 Å². The summed E-state index contributed by atoms with van der Waals surface area (Å²) in [5.41, 5.74) is 5.81. The molecule has 1 unspecified atom stereocenters. The van der Waals surface area contributed by atoms with E-state index in [1.807, 2.05) is 0 Å². The van der Waals surface area contributed by atoms with Gasteiger partial charge in [0.25, 0.3) is 5.91 Å². The lowest BCUT2D eigenvalue weighted by Gasteiger charge is -2.34. The molecule has 20 heavy (non-hydrogen) atoms. The van der Waals surface area contributed by atoms with Crippen LogP contribution in [0.4, 0.5) is 0 Å². The maximum Gasteiger partial charge on any atom is 0.251 e. The van der Waals surface area contributed by atoms with E-state index in [1.54, 1.807) is 0 Å². The van der Waals surface area contributed by atoms with E-state index >= 15 is 0 Å². The molecule has 0 aromatic heterocycles. The summed E-state index contributed by atoms with van der Waals surface area (Å²) in [6.45, 7) is 0. The average Bonchev–Trinajstić information content (AvgIpc) is 2.40. The van der Waals surface area contributed by atoms with Crippen LogP contribution in [0.5, 0.6) is 0 Å². The minimum absolute atomic E-state index is 0.185. The molecule has 2 fully saturated rings. The molecule has 2 rings (SSSR count). The van der Waals surface area contributed by atoms with Gasteiger partial charge in [0, 0.05) is 25.4 Å². The summed E-state index contributed by atoms with van der Waals surface area (Å²) in [5.74, 6) is -0.706. The van der Waals surface area contributed by atoms with E-state index < -0.39 is 11.6 Å². The number of rotatable bonds is 3. The molecular weight excluding hydrogens is 258 g/mol. The van der Waals surface area contributed by atoms with Crippen LogP contribution in [0, 0.1) is 0 Å². The molecule has 1 aliphatic carbocycles. The van der Waals surface area contributed by atoms with Crippen molar-refractivity contribution in [2.24, 2.45) is 5.73 Å². The Balaban J connectivity index is 1.88. The third-order valence-electron chi connectivity index (χ3n) is 4.35. The quantitative estimate of drug-likeness (QED) is 0.728. The highest BCUT2D eigenvalue weighted by molar-refractivity contribution is 6.01.